The van der Waals surface area contributed by atoms with Crippen LogP contribution in [0.2, 0.25) is 0 Å². The lowest BCUT2D eigenvalue weighted by Gasteiger charge is -2.13. The predicted octanol–water partition coefficient (Wildman–Crippen LogP) is 2.72. The summed E-state index contributed by atoms with van der Waals surface area (Å²) in [4.78, 5) is 34.6. The van der Waals surface area contributed by atoms with Gasteiger partial charge < -0.3 is 5.11 Å². The first-order valence-corrected chi connectivity index (χ1v) is 8.19. The molecule has 0 unspecified atom stereocenters. The van der Waals surface area contributed by atoms with Crippen molar-refractivity contribution in [2.75, 3.05) is 6.54 Å². The molecule has 0 aliphatic carbocycles. The highest BCUT2D eigenvalue weighted by molar-refractivity contribution is 8.26. The van der Waals surface area contributed by atoms with Crippen LogP contribution in [0.3, 0.4) is 0 Å². The predicted molar refractivity (Wildman–Crippen MR) is 87.7 cm³/mol. The van der Waals surface area contributed by atoms with Gasteiger partial charge in [0, 0.05) is 24.4 Å². The molecule has 0 atom stereocenters. The van der Waals surface area contributed by atoms with Crippen molar-refractivity contribution in [2.24, 2.45) is 0 Å². The van der Waals surface area contributed by atoms with Crippen LogP contribution in [-0.2, 0) is 9.59 Å². The standard InChI is InChI=1S/C12H10N2O5S3/c15-10(16)2-1-3-13-11(17)8(22-12(13)20)4-7-5-9(14(18)19)21-6-7/h4-6H,1-3H2,(H,15,16)/b8-4+. The summed E-state index contributed by atoms with van der Waals surface area (Å²) >= 11 is 7.21. The van der Waals surface area contributed by atoms with Gasteiger partial charge in [0.1, 0.15) is 4.32 Å². The molecule has 0 radical (unpaired) electrons. The third-order valence-electron chi connectivity index (χ3n) is 2.73. The van der Waals surface area contributed by atoms with Crippen LogP contribution < -0.4 is 0 Å². The number of thioether (sulfide) groups is 1. The molecule has 0 saturated carbocycles. The summed E-state index contributed by atoms with van der Waals surface area (Å²) in [5.41, 5.74) is 0.572. The van der Waals surface area contributed by atoms with Gasteiger partial charge in [0.25, 0.3) is 5.91 Å². The van der Waals surface area contributed by atoms with E-state index in [1.807, 2.05) is 0 Å². The van der Waals surface area contributed by atoms with Gasteiger partial charge in [-0.1, -0.05) is 35.3 Å². The lowest BCUT2D eigenvalue weighted by Crippen LogP contribution is -2.29. The molecule has 1 aromatic heterocycles. The summed E-state index contributed by atoms with van der Waals surface area (Å²) in [6.45, 7) is 0.248. The van der Waals surface area contributed by atoms with Crippen molar-refractivity contribution in [1.82, 2.24) is 4.90 Å². The van der Waals surface area contributed by atoms with Crippen molar-refractivity contribution in [1.29, 1.82) is 0 Å². The molecular weight excluding hydrogens is 348 g/mol. The van der Waals surface area contributed by atoms with Gasteiger partial charge >= 0.3 is 11.0 Å². The fourth-order valence-corrected chi connectivity index (χ4v) is 3.73. The normalized spacial score (nSPS) is 16.5. The van der Waals surface area contributed by atoms with Crippen molar-refractivity contribution < 1.29 is 19.6 Å². The van der Waals surface area contributed by atoms with Crippen molar-refractivity contribution in [3.63, 3.8) is 0 Å². The number of amides is 1. The highest BCUT2D eigenvalue weighted by atomic mass is 32.2. The number of carbonyl (C=O) groups is 2. The largest absolute Gasteiger partial charge is 0.481 e. The second-order valence-corrected chi connectivity index (χ2v) is 6.87. The minimum Gasteiger partial charge on any atom is -0.481 e. The molecule has 7 nitrogen and oxygen atoms in total. The minimum absolute atomic E-state index is 0.00295. The summed E-state index contributed by atoms with van der Waals surface area (Å²) in [7, 11) is 0. The summed E-state index contributed by atoms with van der Waals surface area (Å²) < 4.78 is 0.367. The third-order valence-corrected chi connectivity index (χ3v) is 5.01. The van der Waals surface area contributed by atoms with Crippen LogP contribution in [0.4, 0.5) is 5.00 Å². The molecule has 2 rings (SSSR count). The number of nitrogens with zero attached hydrogens (tertiary/aromatic N) is 2. The molecule has 1 N–H and O–H groups in total. The number of carbonyl (C=O) groups excluding carboxylic acids is 1. The molecule has 1 aliphatic rings. The number of rotatable bonds is 6. The van der Waals surface area contributed by atoms with E-state index in [0.29, 0.717) is 21.2 Å². The van der Waals surface area contributed by atoms with Gasteiger partial charge in [-0.25, -0.2) is 0 Å². The average Bonchev–Trinajstić information content (AvgIpc) is 2.99. The maximum atomic E-state index is 12.2. The number of thiocarbonyl (C=S) groups is 1. The fourth-order valence-electron chi connectivity index (χ4n) is 1.74. The molecule has 1 aliphatic heterocycles. The van der Waals surface area contributed by atoms with E-state index in [9.17, 15) is 19.7 Å². The Labute approximate surface area is 138 Å². The molecule has 116 valence electrons. The van der Waals surface area contributed by atoms with Crippen LogP contribution in [0.15, 0.2) is 16.4 Å². The fraction of sp³-hybridized carbons (Fsp3) is 0.250. The molecule has 1 amide bonds. The molecular formula is C12H10N2O5S3. The van der Waals surface area contributed by atoms with Crippen molar-refractivity contribution >= 4 is 62.6 Å². The van der Waals surface area contributed by atoms with E-state index in [0.717, 1.165) is 23.1 Å². The van der Waals surface area contributed by atoms with E-state index >= 15 is 0 Å². The highest BCUT2D eigenvalue weighted by Gasteiger charge is 2.31. The molecule has 0 aromatic carbocycles. The summed E-state index contributed by atoms with van der Waals surface area (Å²) in [5.74, 6) is -1.22. The Morgan fingerprint density at radius 3 is 2.86 bits per heavy atom. The average molecular weight is 358 g/mol. The Kier molecular flexibility index (Phi) is 5.27. The maximum absolute atomic E-state index is 12.2. The second kappa shape index (κ2) is 6.99. The van der Waals surface area contributed by atoms with Gasteiger partial charge in [0.2, 0.25) is 0 Å². The van der Waals surface area contributed by atoms with Crippen molar-refractivity contribution in [3.8, 4) is 0 Å². The minimum atomic E-state index is -0.924. The monoisotopic (exact) mass is 358 g/mol. The smallest absolute Gasteiger partial charge is 0.324 e. The van der Waals surface area contributed by atoms with E-state index in [-0.39, 0.29) is 23.9 Å². The van der Waals surface area contributed by atoms with Gasteiger partial charge in [-0.15, -0.1) is 0 Å². The lowest BCUT2D eigenvalue weighted by atomic mass is 10.2. The Morgan fingerprint density at radius 1 is 1.55 bits per heavy atom. The van der Waals surface area contributed by atoms with Crippen molar-refractivity contribution in [3.05, 3.63) is 32.0 Å². The zero-order valence-electron chi connectivity index (χ0n) is 11.1. The van der Waals surface area contributed by atoms with Gasteiger partial charge in [-0.2, -0.15) is 0 Å². The first-order valence-electron chi connectivity index (χ1n) is 6.08. The first kappa shape index (κ1) is 16.6. The van der Waals surface area contributed by atoms with Crippen LogP contribution in [0.1, 0.15) is 18.4 Å². The van der Waals surface area contributed by atoms with E-state index < -0.39 is 10.9 Å². The molecule has 1 saturated heterocycles. The van der Waals surface area contributed by atoms with Crippen LogP contribution in [0, 0.1) is 10.1 Å². The zero-order chi connectivity index (χ0) is 16.3. The first-order chi connectivity index (χ1) is 10.4. The Balaban J connectivity index is 2.08. The second-order valence-electron chi connectivity index (χ2n) is 4.31. The summed E-state index contributed by atoms with van der Waals surface area (Å²) in [6.07, 6.45) is 1.84. The molecule has 10 heteroatoms. The number of hydrogen-bond acceptors (Lipinski definition) is 7. The number of thiophene rings is 1. The van der Waals surface area contributed by atoms with E-state index in [1.54, 1.807) is 11.5 Å². The SMILES string of the molecule is O=C(O)CCCN1C(=O)/C(=C\c2csc([N+](=O)[O-])c2)SC1=S. The number of carboxylic acids is 1. The van der Waals surface area contributed by atoms with E-state index in [1.165, 1.54) is 11.0 Å². The topological polar surface area (TPSA) is 101 Å². The van der Waals surface area contributed by atoms with Crippen LogP contribution in [0.5, 0.6) is 0 Å². The van der Waals surface area contributed by atoms with Gasteiger partial charge in [0.05, 0.1) is 9.83 Å². The van der Waals surface area contributed by atoms with Gasteiger partial charge in [-0.3, -0.25) is 24.6 Å². The van der Waals surface area contributed by atoms with Crippen LogP contribution >= 0.6 is 35.3 Å². The van der Waals surface area contributed by atoms with Gasteiger partial charge in [0.15, 0.2) is 0 Å². The van der Waals surface area contributed by atoms with Crippen LogP contribution in [0.25, 0.3) is 6.08 Å². The van der Waals surface area contributed by atoms with E-state index in [2.05, 4.69) is 0 Å². The highest BCUT2D eigenvalue weighted by Crippen LogP contribution is 2.34. The Hall–Kier alpha value is -1.78. The molecule has 1 fully saturated rings. The Morgan fingerprint density at radius 2 is 2.27 bits per heavy atom. The van der Waals surface area contributed by atoms with Crippen molar-refractivity contribution in [2.45, 2.75) is 12.8 Å². The molecule has 0 bridgehead atoms. The molecule has 2 heterocycles. The number of hydrogen-bond donors (Lipinski definition) is 1. The number of nitro groups is 1. The molecule has 22 heavy (non-hydrogen) atoms. The molecule has 1 aromatic rings. The number of carboxylic acid groups (broad SMARTS) is 1. The maximum Gasteiger partial charge on any atom is 0.324 e. The van der Waals surface area contributed by atoms with Gasteiger partial charge in [-0.05, 0) is 18.1 Å². The Bertz CT molecular complexity index is 682. The van der Waals surface area contributed by atoms with Crippen LogP contribution in [-0.4, -0.2) is 37.7 Å². The molecule has 0 spiro atoms. The summed E-state index contributed by atoms with van der Waals surface area (Å²) in [6, 6.07) is 1.39. The third kappa shape index (κ3) is 3.90. The number of aliphatic carboxylic acids is 1. The summed E-state index contributed by atoms with van der Waals surface area (Å²) in [5, 5.41) is 20.8. The quantitative estimate of drug-likeness (QED) is 0.361. The lowest BCUT2D eigenvalue weighted by molar-refractivity contribution is -0.380. The zero-order valence-corrected chi connectivity index (χ0v) is 13.5. The van der Waals surface area contributed by atoms with E-state index in [4.69, 9.17) is 17.3 Å².